The van der Waals surface area contributed by atoms with Crippen molar-refractivity contribution in [2.24, 2.45) is 0 Å². The molecule has 0 aliphatic rings. The van der Waals surface area contributed by atoms with E-state index in [2.05, 4.69) is 20.9 Å². The molecule has 0 saturated heterocycles. The summed E-state index contributed by atoms with van der Waals surface area (Å²) in [5.41, 5.74) is 8.53. The number of halogens is 1. The summed E-state index contributed by atoms with van der Waals surface area (Å²) in [7, 11) is 0. The van der Waals surface area contributed by atoms with Gasteiger partial charge >= 0.3 is 0 Å². The molecule has 0 spiro atoms. The SMILES string of the molecule is Cc1ccccc1Oc1ccc(N)c2cc(Br)cnc12. The van der Waals surface area contributed by atoms with Gasteiger partial charge in [-0.05, 0) is 52.7 Å². The average molecular weight is 329 g/mol. The van der Waals surface area contributed by atoms with Gasteiger partial charge in [0.05, 0.1) is 0 Å². The fourth-order valence-corrected chi connectivity index (χ4v) is 2.39. The average Bonchev–Trinajstić information content (AvgIpc) is 2.44. The van der Waals surface area contributed by atoms with Crippen LogP contribution in [0, 0.1) is 6.92 Å². The van der Waals surface area contributed by atoms with Crippen LogP contribution in [0.1, 0.15) is 5.56 Å². The van der Waals surface area contributed by atoms with Crippen molar-refractivity contribution in [2.75, 3.05) is 5.73 Å². The number of benzene rings is 2. The molecule has 1 heterocycles. The minimum atomic E-state index is 0.686. The van der Waals surface area contributed by atoms with Crippen LogP contribution < -0.4 is 10.5 Å². The summed E-state index contributed by atoms with van der Waals surface area (Å²) in [5.74, 6) is 1.53. The number of fused-ring (bicyclic) bond motifs is 1. The number of hydrogen-bond acceptors (Lipinski definition) is 3. The molecule has 0 atom stereocenters. The van der Waals surface area contributed by atoms with E-state index >= 15 is 0 Å². The second kappa shape index (κ2) is 5.13. The predicted octanol–water partition coefficient (Wildman–Crippen LogP) is 4.68. The molecule has 0 unspecified atom stereocenters. The minimum Gasteiger partial charge on any atom is -0.455 e. The Kier molecular flexibility index (Phi) is 3.32. The third-order valence-corrected chi connectivity index (χ3v) is 3.56. The maximum atomic E-state index is 6.00. The Hall–Kier alpha value is -2.07. The largest absolute Gasteiger partial charge is 0.455 e. The topological polar surface area (TPSA) is 48.1 Å². The van der Waals surface area contributed by atoms with Crippen LogP contribution in [0.3, 0.4) is 0 Å². The molecule has 0 saturated carbocycles. The first-order chi connectivity index (χ1) is 9.65. The van der Waals surface area contributed by atoms with E-state index in [1.165, 1.54) is 0 Å². The number of aromatic nitrogens is 1. The van der Waals surface area contributed by atoms with Crippen molar-refractivity contribution in [3.8, 4) is 11.5 Å². The van der Waals surface area contributed by atoms with Gasteiger partial charge in [-0.2, -0.15) is 0 Å². The van der Waals surface area contributed by atoms with Crippen molar-refractivity contribution in [1.82, 2.24) is 4.98 Å². The first kappa shape index (κ1) is 12.9. The number of anilines is 1. The number of hydrogen-bond donors (Lipinski definition) is 1. The molecule has 1 aromatic heterocycles. The summed E-state index contributed by atoms with van der Waals surface area (Å²) >= 11 is 3.41. The minimum absolute atomic E-state index is 0.686. The molecule has 4 heteroatoms. The lowest BCUT2D eigenvalue weighted by Crippen LogP contribution is -1.93. The van der Waals surface area contributed by atoms with Gasteiger partial charge in [-0.1, -0.05) is 18.2 Å². The lowest BCUT2D eigenvalue weighted by Gasteiger charge is -2.11. The molecule has 20 heavy (non-hydrogen) atoms. The van der Waals surface area contributed by atoms with Crippen molar-refractivity contribution in [1.29, 1.82) is 0 Å². The highest BCUT2D eigenvalue weighted by atomic mass is 79.9. The summed E-state index contributed by atoms with van der Waals surface area (Å²) in [6.45, 7) is 2.01. The Morgan fingerprint density at radius 3 is 2.70 bits per heavy atom. The molecule has 0 amide bonds. The van der Waals surface area contributed by atoms with Crippen LogP contribution in [-0.2, 0) is 0 Å². The fourth-order valence-electron chi connectivity index (χ4n) is 2.06. The van der Waals surface area contributed by atoms with E-state index in [1.807, 2.05) is 49.4 Å². The number of para-hydroxylation sites is 1. The van der Waals surface area contributed by atoms with Crippen LogP contribution in [0.5, 0.6) is 11.5 Å². The number of nitrogens with zero attached hydrogens (tertiary/aromatic N) is 1. The lowest BCUT2D eigenvalue weighted by molar-refractivity contribution is 0.483. The van der Waals surface area contributed by atoms with Crippen LogP contribution in [0.15, 0.2) is 53.1 Å². The molecule has 3 rings (SSSR count). The van der Waals surface area contributed by atoms with Crippen molar-refractivity contribution >= 4 is 32.5 Å². The Labute approximate surface area is 125 Å². The number of aryl methyl sites for hydroxylation is 1. The summed E-state index contributed by atoms with van der Waals surface area (Å²) in [4.78, 5) is 4.42. The highest BCUT2D eigenvalue weighted by molar-refractivity contribution is 9.10. The van der Waals surface area contributed by atoms with Gasteiger partial charge in [-0.3, -0.25) is 4.98 Å². The maximum Gasteiger partial charge on any atom is 0.153 e. The lowest BCUT2D eigenvalue weighted by atomic mass is 10.1. The van der Waals surface area contributed by atoms with E-state index in [9.17, 15) is 0 Å². The molecular formula is C16H13BrN2O. The maximum absolute atomic E-state index is 6.00. The summed E-state index contributed by atoms with van der Waals surface area (Å²) in [6, 6.07) is 13.5. The normalized spacial score (nSPS) is 10.7. The predicted molar refractivity (Wildman–Crippen MR) is 85.1 cm³/mol. The van der Waals surface area contributed by atoms with Gasteiger partial charge in [-0.15, -0.1) is 0 Å². The van der Waals surface area contributed by atoms with Gasteiger partial charge in [-0.25, -0.2) is 0 Å². The molecule has 2 N–H and O–H groups in total. The van der Waals surface area contributed by atoms with E-state index < -0.39 is 0 Å². The highest BCUT2D eigenvalue weighted by Crippen LogP contribution is 2.34. The van der Waals surface area contributed by atoms with Crippen LogP contribution in [0.2, 0.25) is 0 Å². The van der Waals surface area contributed by atoms with E-state index in [0.29, 0.717) is 11.4 Å². The Morgan fingerprint density at radius 2 is 1.90 bits per heavy atom. The number of rotatable bonds is 2. The first-order valence-electron chi connectivity index (χ1n) is 6.22. The van der Waals surface area contributed by atoms with Crippen LogP contribution in [-0.4, -0.2) is 4.98 Å². The first-order valence-corrected chi connectivity index (χ1v) is 7.01. The van der Waals surface area contributed by atoms with Gasteiger partial charge in [0.1, 0.15) is 11.3 Å². The third kappa shape index (κ3) is 2.34. The van der Waals surface area contributed by atoms with E-state index in [0.717, 1.165) is 26.7 Å². The van der Waals surface area contributed by atoms with Crippen LogP contribution in [0.4, 0.5) is 5.69 Å². The molecule has 3 aromatic rings. The van der Waals surface area contributed by atoms with E-state index in [-0.39, 0.29) is 0 Å². The van der Waals surface area contributed by atoms with E-state index in [4.69, 9.17) is 10.5 Å². The zero-order valence-electron chi connectivity index (χ0n) is 10.9. The van der Waals surface area contributed by atoms with Gasteiger partial charge < -0.3 is 10.5 Å². The second-order valence-corrected chi connectivity index (χ2v) is 5.49. The number of ether oxygens (including phenoxy) is 1. The van der Waals surface area contributed by atoms with Crippen molar-refractivity contribution in [2.45, 2.75) is 6.92 Å². The van der Waals surface area contributed by atoms with Gasteiger partial charge in [0.2, 0.25) is 0 Å². The highest BCUT2D eigenvalue weighted by Gasteiger charge is 2.09. The second-order valence-electron chi connectivity index (χ2n) is 4.57. The van der Waals surface area contributed by atoms with E-state index in [1.54, 1.807) is 6.20 Å². The van der Waals surface area contributed by atoms with Gasteiger partial charge in [0.25, 0.3) is 0 Å². The molecule has 0 fully saturated rings. The number of pyridine rings is 1. The van der Waals surface area contributed by atoms with Gasteiger partial charge in [0, 0.05) is 21.7 Å². The standard InChI is InChI=1S/C16H13BrN2O/c1-10-4-2-3-5-14(10)20-15-7-6-13(18)12-8-11(17)9-19-16(12)15/h2-9H,18H2,1H3. The summed E-state index contributed by atoms with van der Waals surface area (Å²) < 4.78 is 6.88. The van der Waals surface area contributed by atoms with Crippen LogP contribution >= 0.6 is 15.9 Å². The Balaban J connectivity index is 2.13. The Morgan fingerprint density at radius 1 is 1.10 bits per heavy atom. The summed E-state index contributed by atoms with van der Waals surface area (Å²) in [5, 5.41) is 0.880. The molecule has 3 nitrogen and oxygen atoms in total. The molecule has 0 aliphatic heterocycles. The third-order valence-electron chi connectivity index (χ3n) is 3.13. The summed E-state index contributed by atoms with van der Waals surface area (Å²) in [6.07, 6.45) is 1.74. The van der Waals surface area contributed by atoms with Gasteiger partial charge in [0.15, 0.2) is 5.75 Å². The fraction of sp³-hybridized carbons (Fsp3) is 0.0625. The van der Waals surface area contributed by atoms with Crippen LogP contribution in [0.25, 0.3) is 10.9 Å². The monoisotopic (exact) mass is 328 g/mol. The number of nitrogen functional groups attached to an aromatic ring is 1. The molecule has 100 valence electrons. The van der Waals surface area contributed by atoms with Crippen molar-refractivity contribution in [3.05, 3.63) is 58.7 Å². The van der Waals surface area contributed by atoms with Crippen molar-refractivity contribution in [3.63, 3.8) is 0 Å². The quantitative estimate of drug-likeness (QED) is 0.695. The zero-order valence-corrected chi connectivity index (χ0v) is 12.5. The van der Waals surface area contributed by atoms with Crippen molar-refractivity contribution < 1.29 is 4.74 Å². The molecular weight excluding hydrogens is 316 g/mol. The molecule has 0 aliphatic carbocycles. The molecule has 2 aromatic carbocycles. The Bertz CT molecular complexity index is 787. The zero-order chi connectivity index (χ0) is 14.1. The molecule has 0 bridgehead atoms. The smallest absolute Gasteiger partial charge is 0.153 e. The number of nitrogens with two attached hydrogens (primary N) is 1. The molecule has 0 radical (unpaired) electrons.